The Labute approximate surface area is 151 Å². The average molecular weight is 348 g/mol. The minimum Gasteiger partial charge on any atom is -0.378 e. The van der Waals surface area contributed by atoms with E-state index in [4.69, 9.17) is 9.47 Å². The van der Waals surface area contributed by atoms with Crippen LogP contribution in [0.3, 0.4) is 0 Å². The Morgan fingerprint density at radius 1 is 1.24 bits per heavy atom. The molecule has 0 unspecified atom stereocenters. The normalized spacial score (nSPS) is 16.5. The first-order chi connectivity index (χ1) is 12.1. The highest BCUT2D eigenvalue weighted by Crippen LogP contribution is 2.27. The van der Waals surface area contributed by atoms with Crippen LogP contribution in [0.5, 0.6) is 0 Å². The number of ketones is 1. The summed E-state index contributed by atoms with van der Waals surface area (Å²) in [5, 5.41) is 0. The lowest BCUT2D eigenvalue weighted by Crippen LogP contribution is -2.35. The zero-order chi connectivity index (χ0) is 18.1. The quantitative estimate of drug-likeness (QED) is 0.480. The molecule has 2 heterocycles. The second-order valence-electron chi connectivity index (χ2n) is 6.90. The lowest BCUT2D eigenvalue weighted by Gasteiger charge is -2.32. The molecule has 25 heavy (non-hydrogen) atoms. The van der Waals surface area contributed by atoms with E-state index in [9.17, 15) is 4.79 Å². The van der Waals surface area contributed by atoms with Crippen LogP contribution in [-0.2, 0) is 9.47 Å². The van der Waals surface area contributed by atoms with Crippen molar-refractivity contribution in [2.75, 3.05) is 39.5 Å². The van der Waals surface area contributed by atoms with Gasteiger partial charge < -0.3 is 14.4 Å². The standard InChI is InChI=1S/C20H32N2O3/c1-4-20(23)19-6-5-18(15-21-19)17-7-9-22(10-8-17)11-12-24-13-14-25-16(2)3/h5-6,15-17H,4,7-14H2,1-3H3. The predicted molar refractivity (Wildman–Crippen MR) is 99.2 cm³/mol. The van der Waals surface area contributed by atoms with Crippen molar-refractivity contribution in [3.05, 3.63) is 29.6 Å². The molecule has 1 fully saturated rings. The Kier molecular flexibility index (Phi) is 8.52. The Bertz CT molecular complexity index is 508. The Balaban J connectivity index is 1.65. The van der Waals surface area contributed by atoms with Crippen molar-refractivity contribution in [1.82, 2.24) is 9.88 Å². The fourth-order valence-electron chi connectivity index (χ4n) is 3.12. The van der Waals surface area contributed by atoms with Crippen LogP contribution in [0, 0.1) is 0 Å². The largest absolute Gasteiger partial charge is 0.378 e. The van der Waals surface area contributed by atoms with E-state index in [1.165, 1.54) is 5.56 Å². The van der Waals surface area contributed by atoms with Crippen LogP contribution in [0.1, 0.15) is 62.0 Å². The summed E-state index contributed by atoms with van der Waals surface area (Å²) in [6.07, 6.45) is 4.95. The highest BCUT2D eigenvalue weighted by molar-refractivity contribution is 5.93. The number of nitrogens with zero attached hydrogens (tertiary/aromatic N) is 2. The minimum atomic E-state index is 0.111. The van der Waals surface area contributed by atoms with Gasteiger partial charge in [-0.25, -0.2) is 0 Å². The van der Waals surface area contributed by atoms with Gasteiger partial charge in [0.05, 0.1) is 25.9 Å². The fourth-order valence-corrected chi connectivity index (χ4v) is 3.12. The Hall–Kier alpha value is -1.30. The van der Waals surface area contributed by atoms with Gasteiger partial charge in [0, 0.05) is 19.2 Å². The molecule has 0 amide bonds. The summed E-state index contributed by atoms with van der Waals surface area (Å²) in [7, 11) is 0. The molecular weight excluding hydrogens is 316 g/mol. The molecule has 140 valence electrons. The molecule has 0 spiro atoms. The molecule has 0 aliphatic carbocycles. The molecule has 0 atom stereocenters. The molecular formula is C20H32N2O3. The van der Waals surface area contributed by atoms with Gasteiger partial charge in [-0.1, -0.05) is 13.0 Å². The molecule has 2 rings (SSSR count). The van der Waals surface area contributed by atoms with E-state index in [0.717, 1.165) is 39.1 Å². The number of hydrogen-bond acceptors (Lipinski definition) is 5. The van der Waals surface area contributed by atoms with Crippen molar-refractivity contribution < 1.29 is 14.3 Å². The molecule has 1 aromatic heterocycles. The van der Waals surface area contributed by atoms with Gasteiger partial charge in [-0.3, -0.25) is 9.78 Å². The predicted octanol–water partition coefficient (Wildman–Crippen LogP) is 3.30. The summed E-state index contributed by atoms with van der Waals surface area (Å²) < 4.78 is 11.1. The molecule has 5 nitrogen and oxygen atoms in total. The van der Waals surface area contributed by atoms with Crippen LogP contribution in [0.25, 0.3) is 0 Å². The number of piperidine rings is 1. The summed E-state index contributed by atoms with van der Waals surface area (Å²) in [4.78, 5) is 18.5. The van der Waals surface area contributed by atoms with Crippen LogP contribution in [0.2, 0.25) is 0 Å². The molecule has 0 saturated carbocycles. The highest BCUT2D eigenvalue weighted by atomic mass is 16.5. The summed E-state index contributed by atoms with van der Waals surface area (Å²) >= 11 is 0. The maximum absolute atomic E-state index is 11.7. The number of ether oxygens (including phenoxy) is 2. The van der Waals surface area contributed by atoms with Crippen LogP contribution >= 0.6 is 0 Å². The molecule has 0 N–H and O–H groups in total. The molecule has 0 bridgehead atoms. The van der Waals surface area contributed by atoms with Crippen molar-refractivity contribution >= 4 is 5.78 Å². The van der Waals surface area contributed by atoms with Gasteiger partial charge in [0.25, 0.3) is 0 Å². The molecule has 5 heteroatoms. The van der Waals surface area contributed by atoms with E-state index in [-0.39, 0.29) is 11.9 Å². The van der Waals surface area contributed by atoms with Gasteiger partial charge >= 0.3 is 0 Å². The van der Waals surface area contributed by atoms with E-state index in [0.29, 0.717) is 31.2 Å². The van der Waals surface area contributed by atoms with Crippen LogP contribution < -0.4 is 0 Å². The van der Waals surface area contributed by atoms with Crippen LogP contribution in [0.4, 0.5) is 0 Å². The van der Waals surface area contributed by atoms with E-state index < -0.39 is 0 Å². The lowest BCUT2D eigenvalue weighted by atomic mass is 9.90. The summed E-state index contributed by atoms with van der Waals surface area (Å²) in [6.45, 7) is 11.2. The fraction of sp³-hybridized carbons (Fsp3) is 0.700. The minimum absolute atomic E-state index is 0.111. The van der Waals surface area contributed by atoms with Crippen molar-refractivity contribution in [2.24, 2.45) is 0 Å². The molecule has 1 aliphatic rings. The second kappa shape index (κ2) is 10.6. The highest BCUT2D eigenvalue weighted by Gasteiger charge is 2.20. The Morgan fingerprint density at radius 3 is 2.60 bits per heavy atom. The van der Waals surface area contributed by atoms with Crippen molar-refractivity contribution in [3.63, 3.8) is 0 Å². The zero-order valence-electron chi connectivity index (χ0n) is 15.9. The second-order valence-corrected chi connectivity index (χ2v) is 6.90. The topological polar surface area (TPSA) is 51.7 Å². The number of carbonyl (C=O) groups is 1. The van der Waals surface area contributed by atoms with Crippen molar-refractivity contribution in [2.45, 2.75) is 52.1 Å². The van der Waals surface area contributed by atoms with Gasteiger partial charge in [-0.05, 0) is 57.3 Å². The zero-order valence-corrected chi connectivity index (χ0v) is 15.9. The third-order valence-electron chi connectivity index (χ3n) is 4.68. The van der Waals surface area contributed by atoms with Gasteiger partial charge in [0.1, 0.15) is 5.69 Å². The van der Waals surface area contributed by atoms with E-state index in [1.54, 1.807) is 0 Å². The molecule has 1 saturated heterocycles. The average Bonchev–Trinajstić information content (AvgIpc) is 2.64. The molecule has 0 aromatic carbocycles. The SMILES string of the molecule is CCC(=O)c1ccc(C2CCN(CCOCCOC(C)C)CC2)cn1. The first-order valence-electron chi connectivity index (χ1n) is 9.51. The number of carbonyl (C=O) groups excluding carboxylic acids is 1. The summed E-state index contributed by atoms with van der Waals surface area (Å²) in [5.41, 5.74) is 1.84. The number of aromatic nitrogens is 1. The van der Waals surface area contributed by atoms with E-state index >= 15 is 0 Å². The van der Waals surface area contributed by atoms with E-state index in [2.05, 4.69) is 16.0 Å². The lowest BCUT2D eigenvalue weighted by molar-refractivity contribution is 0.0126. The maximum atomic E-state index is 11.7. The van der Waals surface area contributed by atoms with Gasteiger partial charge in [-0.2, -0.15) is 0 Å². The van der Waals surface area contributed by atoms with Gasteiger partial charge in [0.15, 0.2) is 5.78 Å². The summed E-state index contributed by atoms with van der Waals surface area (Å²) in [5.74, 6) is 0.662. The number of rotatable bonds is 10. The smallest absolute Gasteiger partial charge is 0.180 e. The van der Waals surface area contributed by atoms with Crippen LogP contribution in [-0.4, -0.2) is 61.2 Å². The maximum Gasteiger partial charge on any atom is 0.180 e. The molecule has 0 radical (unpaired) electrons. The first-order valence-corrected chi connectivity index (χ1v) is 9.51. The first kappa shape index (κ1) is 20.0. The number of pyridine rings is 1. The molecule has 1 aromatic rings. The van der Waals surface area contributed by atoms with Crippen molar-refractivity contribution in [1.29, 1.82) is 0 Å². The van der Waals surface area contributed by atoms with E-state index in [1.807, 2.05) is 33.0 Å². The molecule has 1 aliphatic heterocycles. The number of hydrogen-bond donors (Lipinski definition) is 0. The van der Waals surface area contributed by atoms with Gasteiger partial charge in [-0.15, -0.1) is 0 Å². The van der Waals surface area contributed by atoms with Crippen LogP contribution in [0.15, 0.2) is 18.3 Å². The van der Waals surface area contributed by atoms with Gasteiger partial charge in [0.2, 0.25) is 0 Å². The third kappa shape index (κ3) is 6.84. The third-order valence-corrected chi connectivity index (χ3v) is 4.68. The van der Waals surface area contributed by atoms with Crippen molar-refractivity contribution in [3.8, 4) is 0 Å². The monoisotopic (exact) mass is 348 g/mol. The number of likely N-dealkylation sites (tertiary alicyclic amines) is 1. The Morgan fingerprint density at radius 2 is 2.00 bits per heavy atom. The number of Topliss-reactive ketones (excluding diaryl/α,β-unsaturated/α-hetero) is 1. The summed E-state index contributed by atoms with van der Waals surface area (Å²) in [6, 6.07) is 3.95.